The first-order chi connectivity index (χ1) is 9.40. The molecule has 20 heavy (non-hydrogen) atoms. The Morgan fingerprint density at radius 3 is 2.40 bits per heavy atom. The highest BCUT2D eigenvalue weighted by Gasteiger charge is 2.27. The highest BCUT2D eigenvalue weighted by atomic mass is 32.1. The van der Waals surface area contributed by atoms with E-state index in [-0.39, 0.29) is 11.9 Å². The van der Waals surface area contributed by atoms with E-state index in [2.05, 4.69) is 9.88 Å². The predicted molar refractivity (Wildman–Crippen MR) is 85.3 cm³/mol. The lowest BCUT2D eigenvalue weighted by Crippen LogP contribution is -2.53. The van der Waals surface area contributed by atoms with Gasteiger partial charge >= 0.3 is 0 Å². The number of aromatic nitrogens is 1. The average molecular weight is 312 g/mol. The Balaban J connectivity index is 1.99. The highest BCUT2D eigenvalue weighted by molar-refractivity contribution is 7.80. The summed E-state index contributed by atoms with van der Waals surface area (Å²) in [4.78, 5) is 22.2. The zero-order valence-corrected chi connectivity index (χ0v) is 13.7. The lowest BCUT2D eigenvalue weighted by molar-refractivity contribution is 0.0625. The van der Waals surface area contributed by atoms with Crippen molar-refractivity contribution in [3.05, 3.63) is 15.6 Å². The maximum atomic E-state index is 12.5. The summed E-state index contributed by atoms with van der Waals surface area (Å²) in [5, 5.41) is 0.937. The number of aryl methyl sites for hydroxylation is 2. The smallest absolute Gasteiger partial charge is 0.265 e. The van der Waals surface area contributed by atoms with Crippen LogP contribution < -0.4 is 5.73 Å². The summed E-state index contributed by atoms with van der Waals surface area (Å²) in [5.41, 5.74) is 6.51. The molecule has 1 fully saturated rings. The second kappa shape index (κ2) is 6.15. The number of thiazole rings is 1. The van der Waals surface area contributed by atoms with E-state index in [9.17, 15) is 4.79 Å². The largest absolute Gasteiger partial charge is 0.392 e. The van der Waals surface area contributed by atoms with Crippen LogP contribution in [0.5, 0.6) is 0 Å². The average Bonchev–Trinajstić information content (AvgIpc) is 2.76. The first-order valence-electron chi connectivity index (χ1n) is 6.67. The van der Waals surface area contributed by atoms with E-state index in [0.29, 0.717) is 18.1 Å². The summed E-state index contributed by atoms with van der Waals surface area (Å²) in [6.45, 7) is 8.86. The Morgan fingerprint density at radius 1 is 1.35 bits per heavy atom. The van der Waals surface area contributed by atoms with Crippen LogP contribution in [-0.2, 0) is 0 Å². The molecular weight excluding hydrogens is 292 g/mol. The molecule has 1 aliphatic heterocycles. The van der Waals surface area contributed by atoms with E-state index in [1.54, 1.807) is 0 Å². The fourth-order valence-electron chi connectivity index (χ4n) is 2.37. The van der Waals surface area contributed by atoms with E-state index >= 15 is 0 Å². The maximum absolute atomic E-state index is 12.5. The lowest BCUT2D eigenvalue weighted by atomic mass is 10.2. The Morgan fingerprint density at radius 2 is 1.95 bits per heavy atom. The Labute approximate surface area is 128 Å². The van der Waals surface area contributed by atoms with Crippen molar-refractivity contribution in [2.24, 2.45) is 5.73 Å². The zero-order valence-electron chi connectivity index (χ0n) is 12.0. The van der Waals surface area contributed by atoms with Gasteiger partial charge in [0.05, 0.1) is 21.7 Å². The van der Waals surface area contributed by atoms with Gasteiger partial charge in [-0.25, -0.2) is 4.98 Å². The highest BCUT2D eigenvalue weighted by Crippen LogP contribution is 2.20. The van der Waals surface area contributed by atoms with Crippen LogP contribution in [0.3, 0.4) is 0 Å². The number of piperazine rings is 1. The van der Waals surface area contributed by atoms with Crippen molar-refractivity contribution >= 4 is 34.5 Å². The SMILES string of the molecule is Cc1nc(C)c(C(=O)N2CCN(C(C)C(N)=S)CC2)s1. The van der Waals surface area contributed by atoms with Gasteiger partial charge in [-0.05, 0) is 20.8 Å². The summed E-state index contributed by atoms with van der Waals surface area (Å²) in [6.07, 6.45) is 0. The molecule has 2 rings (SSSR count). The van der Waals surface area contributed by atoms with Gasteiger partial charge in [0, 0.05) is 26.2 Å². The van der Waals surface area contributed by atoms with E-state index in [1.807, 2.05) is 25.7 Å². The number of hydrogen-bond acceptors (Lipinski definition) is 5. The van der Waals surface area contributed by atoms with Crippen LogP contribution in [0.4, 0.5) is 0 Å². The molecule has 1 aromatic heterocycles. The number of hydrogen-bond donors (Lipinski definition) is 1. The monoisotopic (exact) mass is 312 g/mol. The van der Waals surface area contributed by atoms with Crippen LogP contribution in [0.25, 0.3) is 0 Å². The third-order valence-electron chi connectivity index (χ3n) is 3.66. The van der Waals surface area contributed by atoms with E-state index < -0.39 is 0 Å². The third kappa shape index (κ3) is 3.16. The number of nitrogens with two attached hydrogens (primary N) is 1. The first-order valence-corrected chi connectivity index (χ1v) is 7.89. The number of carbonyl (C=O) groups excluding carboxylic acids is 1. The molecule has 1 aromatic rings. The second-order valence-electron chi connectivity index (χ2n) is 5.05. The molecule has 2 N–H and O–H groups in total. The van der Waals surface area contributed by atoms with Gasteiger partial charge in [0.15, 0.2) is 0 Å². The van der Waals surface area contributed by atoms with Crippen LogP contribution in [0.2, 0.25) is 0 Å². The number of rotatable bonds is 3. The molecular formula is C13H20N4OS2. The topological polar surface area (TPSA) is 62.5 Å². The molecule has 1 saturated heterocycles. The molecule has 110 valence electrons. The van der Waals surface area contributed by atoms with Crippen molar-refractivity contribution < 1.29 is 4.79 Å². The fourth-order valence-corrected chi connectivity index (χ4v) is 3.40. The molecule has 2 heterocycles. The van der Waals surface area contributed by atoms with Crippen LogP contribution in [0.1, 0.15) is 27.3 Å². The molecule has 5 nitrogen and oxygen atoms in total. The molecule has 7 heteroatoms. The summed E-state index contributed by atoms with van der Waals surface area (Å²) >= 11 is 6.50. The molecule has 0 radical (unpaired) electrons. The quantitative estimate of drug-likeness (QED) is 0.850. The van der Waals surface area contributed by atoms with Gasteiger partial charge in [0.1, 0.15) is 4.88 Å². The summed E-state index contributed by atoms with van der Waals surface area (Å²) < 4.78 is 0. The minimum Gasteiger partial charge on any atom is -0.392 e. The Hall–Kier alpha value is -1.05. The lowest BCUT2D eigenvalue weighted by Gasteiger charge is -2.37. The molecule has 0 spiro atoms. The zero-order chi connectivity index (χ0) is 14.9. The molecule has 1 amide bonds. The number of amides is 1. The van der Waals surface area contributed by atoms with E-state index in [0.717, 1.165) is 28.7 Å². The number of thiocarbonyl (C=S) groups is 1. The van der Waals surface area contributed by atoms with Crippen molar-refractivity contribution in [3.8, 4) is 0 Å². The van der Waals surface area contributed by atoms with E-state index in [4.69, 9.17) is 18.0 Å². The molecule has 0 bridgehead atoms. The van der Waals surface area contributed by atoms with Gasteiger partial charge in [-0.15, -0.1) is 11.3 Å². The van der Waals surface area contributed by atoms with Gasteiger partial charge in [-0.3, -0.25) is 9.69 Å². The molecule has 1 atom stereocenters. The third-order valence-corrected chi connectivity index (χ3v) is 5.06. The van der Waals surface area contributed by atoms with Crippen LogP contribution in [-0.4, -0.2) is 57.9 Å². The van der Waals surface area contributed by atoms with Crippen molar-refractivity contribution in [2.45, 2.75) is 26.8 Å². The standard InChI is InChI=1S/C13H20N4OS2/c1-8-11(20-10(3)15-8)13(18)17-6-4-16(5-7-17)9(2)12(14)19/h9H,4-7H2,1-3H3,(H2,14,19). The minimum absolute atomic E-state index is 0.0923. The van der Waals surface area contributed by atoms with Crippen LogP contribution in [0.15, 0.2) is 0 Å². The van der Waals surface area contributed by atoms with Crippen molar-refractivity contribution in [3.63, 3.8) is 0 Å². The predicted octanol–water partition coefficient (Wildman–Crippen LogP) is 1.19. The molecule has 1 aliphatic rings. The van der Waals surface area contributed by atoms with Gasteiger partial charge in [0.25, 0.3) is 5.91 Å². The Bertz CT molecular complexity index is 520. The number of carbonyl (C=O) groups is 1. The van der Waals surface area contributed by atoms with Crippen molar-refractivity contribution in [1.82, 2.24) is 14.8 Å². The molecule has 0 saturated carbocycles. The molecule has 0 aromatic carbocycles. The normalized spacial score (nSPS) is 18.1. The van der Waals surface area contributed by atoms with E-state index in [1.165, 1.54) is 11.3 Å². The van der Waals surface area contributed by atoms with Gasteiger partial charge in [-0.2, -0.15) is 0 Å². The molecule has 1 unspecified atom stereocenters. The summed E-state index contributed by atoms with van der Waals surface area (Å²) in [6, 6.07) is 0.0923. The van der Waals surface area contributed by atoms with Crippen molar-refractivity contribution in [2.75, 3.05) is 26.2 Å². The van der Waals surface area contributed by atoms with Gasteiger partial charge in [0.2, 0.25) is 0 Å². The minimum atomic E-state index is 0.0923. The van der Waals surface area contributed by atoms with Gasteiger partial charge < -0.3 is 10.6 Å². The van der Waals surface area contributed by atoms with Crippen LogP contribution >= 0.6 is 23.6 Å². The number of nitrogens with zero attached hydrogens (tertiary/aromatic N) is 3. The maximum Gasteiger partial charge on any atom is 0.265 e. The summed E-state index contributed by atoms with van der Waals surface area (Å²) in [7, 11) is 0. The van der Waals surface area contributed by atoms with Gasteiger partial charge in [-0.1, -0.05) is 12.2 Å². The van der Waals surface area contributed by atoms with Crippen LogP contribution in [0, 0.1) is 13.8 Å². The fraction of sp³-hybridized carbons (Fsp3) is 0.615. The summed E-state index contributed by atoms with van der Waals surface area (Å²) in [5.74, 6) is 0.0933. The Kier molecular flexibility index (Phi) is 4.72. The molecule has 0 aliphatic carbocycles. The first kappa shape index (κ1) is 15.3. The second-order valence-corrected chi connectivity index (χ2v) is 6.73. The van der Waals surface area contributed by atoms with Crippen molar-refractivity contribution in [1.29, 1.82) is 0 Å².